The van der Waals surface area contributed by atoms with Crippen LogP contribution in [0.2, 0.25) is 0 Å². The normalized spacial score (nSPS) is 29.3. The van der Waals surface area contributed by atoms with Crippen LogP contribution in [0.15, 0.2) is 0 Å². The molecule has 1 fully saturated rings. The zero-order chi connectivity index (χ0) is 18.4. The van der Waals surface area contributed by atoms with Gasteiger partial charge in [0.2, 0.25) is 0 Å². The molecule has 0 aliphatic carbocycles. The Labute approximate surface area is 137 Å². The van der Waals surface area contributed by atoms with Crippen molar-refractivity contribution >= 4 is 23.9 Å². The third-order valence-corrected chi connectivity index (χ3v) is 2.95. The Morgan fingerprint density at radius 2 is 1.25 bits per heavy atom. The molecule has 1 heterocycles. The molecule has 0 spiro atoms. The highest BCUT2D eigenvalue weighted by Gasteiger charge is 2.48. The van der Waals surface area contributed by atoms with Crippen molar-refractivity contribution in [2.45, 2.75) is 58.4 Å². The number of carbonyl (C=O) groups excluding carboxylic acids is 4. The van der Waals surface area contributed by atoms with Crippen molar-refractivity contribution in [2.24, 2.45) is 0 Å². The number of carbonyl (C=O) groups is 4. The molecule has 1 aliphatic rings. The van der Waals surface area contributed by atoms with Gasteiger partial charge < -0.3 is 28.8 Å². The molecule has 10 heteroatoms. The topological polar surface area (TPSA) is 137 Å². The van der Waals surface area contributed by atoms with Gasteiger partial charge >= 0.3 is 23.9 Å². The average molecular weight is 347 g/mol. The predicted octanol–water partition coefficient (Wildman–Crippen LogP) is -1.57. The molecule has 1 rings (SSSR count). The highest BCUT2D eigenvalue weighted by molar-refractivity contribution is 5.68. The summed E-state index contributed by atoms with van der Waals surface area (Å²) in [5, 5.41) is 12.1. The fourth-order valence-electron chi connectivity index (χ4n) is 2.19. The summed E-state index contributed by atoms with van der Waals surface area (Å²) in [6, 6.07) is 0. The second-order valence-electron chi connectivity index (χ2n) is 5.07. The third-order valence-electron chi connectivity index (χ3n) is 2.95. The molecule has 0 unspecified atom stereocenters. The van der Waals surface area contributed by atoms with Crippen LogP contribution in [0.5, 0.6) is 0 Å². The quantitative estimate of drug-likeness (QED) is 0.423. The van der Waals surface area contributed by atoms with E-state index in [0.29, 0.717) is 0 Å². The average Bonchev–Trinajstić information content (AvgIpc) is 2.42. The molecule has 136 valence electrons. The van der Waals surface area contributed by atoms with Crippen molar-refractivity contribution in [3.63, 3.8) is 0 Å². The molecule has 0 aromatic rings. The Kier molecular flexibility index (Phi) is 7.11. The fourth-order valence-corrected chi connectivity index (χ4v) is 2.19. The van der Waals surface area contributed by atoms with Crippen LogP contribution in [0, 0.1) is 0 Å². The first kappa shape index (κ1) is 19.8. The minimum Gasteiger partial charge on any atom is -0.828 e. The smallest absolute Gasteiger partial charge is 0.303 e. The van der Waals surface area contributed by atoms with Gasteiger partial charge in [-0.15, -0.1) is 0 Å². The van der Waals surface area contributed by atoms with E-state index in [1.165, 1.54) is 0 Å². The van der Waals surface area contributed by atoms with Crippen LogP contribution in [0.3, 0.4) is 0 Å². The van der Waals surface area contributed by atoms with Crippen molar-refractivity contribution in [1.82, 2.24) is 0 Å². The number of ether oxygens (including phenoxy) is 5. The van der Waals surface area contributed by atoms with Gasteiger partial charge in [-0.25, -0.2) is 0 Å². The van der Waals surface area contributed by atoms with Crippen molar-refractivity contribution in [1.29, 1.82) is 0 Å². The van der Waals surface area contributed by atoms with E-state index in [0.717, 1.165) is 27.7 Å². The van der Waals surface area contributed by atoms with Crippen LogP contribution in [-0.2, 0) is 42.9 Å². The lowest BCUT2D eigenvalue weighted by Gasteiger charge is -2.47. The molecule has 0 aromatic carbocycles. The van der Waals surface area contributed by atoms with Gasteiger partial charge in [-0.1, -0.05) is 0 Å². The Morgan fingerprint density at radius 1 is 0.792 bits per heavy atom. The van der Waals surface area contributed by atoms with Gasteiger partial charge in [0.25, 0.3) is 0 Å². The largest absolute Gasteiger partial charge is 0.828 e. The van der Waals surface area contributed by atoms with Crippen LogP contribution in [0.1, 0.15) is 27.7 Å². The first-order valence-corrected chi connectivity index (χ1v) is 7.08. The lowest BCUT2D eigenvalue weighted by Crippen LogP contribution is -2.65. The fraction of sp³-hybridized carbons (Fsp3) is 0.714. The third kappa shape index (κ3) is 5.78. The van der Waals surface area contributed by atoms with Crippen molar-refractivity contribution in [3.8, 4) is 0 Å². The molecule has 0 saturated carbocycles. The second kappa shape index (κ2) is 8.60. The second-order valence-corrected chi connectivity index (χ2v) is 5.07. The van der Waals surface area contributed by atoms with Crippen LogP contribution < -0.4 is 5.11 Å². The summed E-state index contributed by atoms with van der Waals surface area (Å²) in [6.07, 6.45) is -7.32. The minimum absolute atomic E-state index is 0.406. The van der Waals surface area contributed by atoms with E-state index in [9.17, 15) is 24.3 Å². The summed E-state index contributed by atoms with van der Waals surface area (Å²) in [7, 11) is 0. The molecule has 1 saturated heterocycles. The molecule has 5 atom stereocenters. The van der Waals surface area contributed by atoms with E-state index in [2.05, 4.69) is 0 Å². The molecule has 0 aromatic heterocycles. The monoisotopic (exact) mass is 347 g/mol. The molecule has 0 bridgehead atoms. The number of rotatable bonds is 5. The lowest BCUT2D eigenvalue weighted by atomic mass is 9.98. The summed E-state index contributed by atoms with van der Waals surface area (Å²) < 4.78 is 24.8. The molecule has 0 radical (unpaired) electrons. The van der Waals surface area contributed by atoms with E-state index in [1.807, 2.05) is 0 Å². The summed E-state index contributed by atoms with van der Waals surface area (Å²) in [5.41, 5.74) is 0. The van der Waals surface area contributed by atoms with Crippen molar-refractivity contribution in [3.05, 3.63) is 0 Å². The molecule has 10 nitrogen and oxygen atoms in total. The van der Waals surface area contributed by atoms with Crippen LogP contribution in [0.25, 0.3) is 0 Å². The van der Waals surface area contributed by atoms with Crippen LogP contribution in [0.4, 0.5) is 0 Å². The number of hydrogen-bond acceptors (Lipinski definition) is 10. The first-order chi connectivity index (χ1) is 11.1. The Hall–Kier alpha value is -2.20. The van der Waals surface area contributed by atoms with Crippen molar-refractivity contribution in [2.75, 3.05) is 6.61 Å². The molecule has 0 N–H and O–H groups in total. The van der Waals surface area contributed by atoms with Crippen LogP contribution in [-0.4, -0.2) is 61.2 Å². The maximum Gasteiger partial charge on any atom is 0.303 e. The standard InChI is InChI=1S/C14H19O10/c1-6(15)20-5-10-11(21-7(2)16)12(22-8(3)17)13(14(19)24-10)23-9(4)18/h10-14H,5H2,1-4H3/q-1/t10-,11-,12+,13-,14+/m1/s1. The molecular formula is C14H19O10-. The molecule has 0 amide bonds. The lowest BCUT2D eigenvalue weighted by molar-refractivity contribution is -0.531. The van der Waals surface area contributed by atoms with Gasteiger partial charge in [-0.05, 0) is 0 Å². The first-order valence-electron chi connectivity index (χ1n) is 7.08. The van der Waals surface area contributed by atoms with Crippen molar-refractivity contribution < 1.29 is 48.0 Å². The minimum atomic E-state index is -1.93. The summed E-state index contributed by atoms with van der Waals surface area (Å²) in [6.45, 7) is 3.97. The Bertz CT molecular complexity index is 502. The number of esters is 4. The Morgan fingerprint density at radius 3 is 1.71 bits per heavy atom. The maximum atomic E-state index is 12.1. The van der Waals surface area contributed by atoms with E-state index in [1.54, 1.807) is 0 Å². The molecular weight excluding hydrogens is 328 g/mol. The summed E-state index contributed by atoms with van der Waals surface area (Å²) in [4.78, 5) is 44.8. The van der Waals surface area contributed by atoms with Gasteiger partial charge in [0.15, 0.2) is 18.3 Å². The number of hydrogen-bond donors (Lipinski definition) is 0. The van der Waals surface area contributed by atoms with Gasteiger partial charge in [0.05, 0.1) is 0 Å². The van der Waals surface area contributed by atoms with Crippen LogP contribution >= 0.6 is 0 Å². The van der Waals surface area contributed by atoms with E-state index in [4.69, 9.17) is 23.7 Å². The van der Waals surface area contributed by atoms with E-state index >= 15 is 0 Å². The van der Waals surface area contributed by atoms with E-state index < -0.39 is 61.2 Å². The van der Waals surface area contributed by atoms with Gasteiger partial charge in [0, 0.05) is 34.0 Å². The van der Waals surface area contributed by atoms with E-state index in [-0.39, 0.29) is 0 Å². The summed E-state index contributed by atoms with van der Waals surface area (Å²) >= 11 is 0. The molecule has 24 heavy (non-hydrogen) atoms. The summed E-state index contributed by atoms with van der Waals surface area (Å²) in [5.74, 6) is -2.98. The Balaban J connectivity index is 3.11. The van der Waals surface area contributed by atoms with Gasteiger partial charge in [-0.3, -0.25) is 19.2 Å². The van der Waals surface area contributed by atoms with Gasteiger partial charge in [0.1, 0.15) is 12.7 Å². The SMILES string of the molecule is CC(=O)OC[C@H]1O[C@H]([O-])[C@H](OC(C)=O)[C@@H](OC(C)=O)[C@@H]1OC(C)=O. The highest BCUT2D eigenvalue weighted by atomic mass is 16.7. The maximum absolute atomic E-state index is 12.1. The zero-order valence-corrected chi connectivity index (χ0v) is 13.7. The van der Waals surface area contributed by atoms with Gasteiger partial charge in [-0.2, -0.15) is 0 Å². The predicted molar refractivity (Wildman–Crippen MR) is 72.0 cm³/mol. The molecule has 1 aliphatic heterocycles. The zero-order valence-electron chi connectivity index (χ0n) is 13.7. The highest BCUT2D eigenvalue weighted by Crippen LogP contribution is 2.27.